The van der Waals surface area contributed by atoms with E-state index in [0.29, 0.717) is 16.5 Å². The number of carboxylic acid groups (broad SMARTS) is 1. The van der Waals surface area contributed by atoms with E-state index >= 15 is 0 Å². The van der Waals surface area contributed by atoms with Crippen LogP contribution in [0.3, 0.4) is 0 Å². The summed E-state index contributed by atoms with van der Waals surface area (Å²) in [6.07, 6.45) is 0. The van der Waals surface area contributed by atoms with Gasteiger partial charge in [-0.1, -0.05) is 11.6 Å². The predicted octanol–water partition coefficient (Wildman–Crippen LogP) is 1.57. The highest BCUT2D eigenvalue weighted by atomic mass is 35.5. The molecule has 1 rings (SSSR count). The molecular weight excluding hydrogens is 288 g/mol. The largest absolute Gasteiger partial charge is 0.495 e. The summed E-state index contributed by atoms with van der Waals surface area (Å²) in [6, 6.07) is 2.85. The van der Waals surface area contributed by atoms with E-state index in [0.717, 1.165) is 0 Å². The number of anilines is 1. The minimum atomic E-state index is -1.18. The fraction of sp³-hybridized carbons (Fsp3) is 0.333. The van der Waals surface area contributed by atoms with E-state index in [-0.39, 0.29) is 6.61 Å². The Kier molecular flexibility index (Phi) is 6.08. The number of hydrogen-bond acceptors (Lipinski definition) is 4. The van der Waals surface area contributed by atoms with E-state index < -0.39 is 18.0 Å². The van der Waals surface area contributed by atoms with E-state index in [1.165, 1.54) is 20.3 Å². The number of rotatable bonds is 6. The van der Waals surface area contributed by atoms with E-state index in [9.17, 15) is 9.59 Å². The first-order chi connectivity index (χ1) is 9.47. The van der Waals surface area contributed by atoms with Gasteiger partial charge in [-0.15, -0.1) is 0 Å². The van der Waals surface area contributed by atoms with Crippen molar-refractivity contribution in [2.45, 2.75) is 6.04 Å². The third kappa shape index (κ3) is 4.60. The molecule has 1 atom stereocenters. The Morgan fingerprint density at radius 3 is 2.65 bits per heavy atom. The summed E-state index contributed by atoms with van der Waals surface area (Å²) >= 11 is 5.85. The number of methoxy groups -OCH3 is 2. The Hall–Kier alpha value is -1.99. The smallest absolute Gasteiger partial charge is 0.328 e. The summed E-state index contributed by atoms with van der Waals surface area (Å²) in [4.78, 5) is 22.5. The lowest BCUT2D eigenvalue weighted by atomic mass is 10.3. The van der Waals surface area contributed by atoms with Crippen LogP contribution in [0.2, 0.25) is 5.02 Å². The molecule has 0 aliphatic rings. The molecule has 8 heteroatoms. The first kappa shape index (κ1) is 16.1. The number of aliphatic carboxylic acids is 1. The molecule has 0 spiro atoms. The number of halogens is 1. The van der Waals surface area contributed by atoms with Gasteiger partial charge in [-0.3, -0.25) is 0 Å². The van der Waals surface area contributed by atoms with Crippen molar-refractivity contribution in [3.8, 4) is 5.75 Å². The first-order valence-electron chi connectivity index (χ1n) is 5.60. The van der Waals surface area contributed by atoms with Gasteiger partial charge >= 0.3 is 12.0 Å². The molecule has 20 heavy (non-hydrogen) atoms. The number of amides is 2. The third-order valence-electron chi connectivity index (χ3n) is 2.35. The van der Waals surface area contributed by atoms with Crippen molar-refractivity contribution in [1.82, 2.24) is 5.32 Å². The molecule has 0 aliphatic carbocycles. The molecular formula is C12H15ClN2O5. The van der Waals surface area contributed by atoms with E-state index in [1.807, 2.05) is 0 Å². The van der Waals surface area contributed by atoms with Gasteiger partial charge in [0.2, 0.25) is 0 Å². The van der Waals surface area contributed by atoms with Crippen LogP contribution in [0.4, 0.5) is 10.5 Å². The highest BCUT2D eigenvalue weighted by Gasteiger charge is 2.19. The lowest BCUT2D eigenvalue weighted by Crippen LogP contribution is -2.45. The number of carbonyl (C=O) groups excluding carboxylic acids is 1. The maximum absolute atomic E-state index is 11.7. The van der Waals surface area contributed by atoms with Crippen molar-refractivity contribution >= 4 is 29.3 Å². The average molecular weight is 303 g/mol. The molecule has 2 amide bonds. The lowest BCUT2D eigenvalue weighted by molar-refractivity contribution is -0.140. The molecule has 0 saturated heterocycles. The molecule has 0 heterocycles. The Labute approximate surface area is 120 Å². The van der Waals surface area contributed by atoms with Gasteiger partial charge in [0, 0.05) is 18.9 Å². The fourth-order valence-electron chi connectivity index (χ4n) is 1.40. The number of carbonyl (C=O) groups is 2. The van der Waals surface area contributed by atoms with Gasteiger partial charge in [0.05, 0.1) is 18.7 Å². The number of carboxylic acids is 1. The van der Waals surface area contributed by atoms with Crippen LogP contribution in [0.1, 0.15) is 0 Å². The molecule has 3 N–H and O–H groups in total. The quantitative estimate of drug-likeness (QED) is 0.741. The Morgan fingerprint density at radius 1 is 1.40 bits per heavy atom. The van der Waals surface area contributed by atoms with Crippen LogP contribution < -0.4 is 15.4 Å². The molecule has 0 aliphatic heterocycles. The number of nitrogens with one attached hydrogen (secondary N) is 2. The van der Waals surface area contributed by atoms with Crippen molar-refractivity contribution in [3.05, 3.63) is 23.2 Å². The van der Waals surface area contributed by atoms with Gasteiger partial charge < -0.3 is 25.2 Å². The topological polar surface area (TPSA) is 96.9 Å². The molecule has 0 fully saturated rings. The van der Waals surface area contributed by atoms with E-state index in [2.05, 4.69) is 10.6 Å². The molecule has 1 aromatic rings. The Morgan fingerprint density at radius 2 is 2.10 bits per heavy atom. The Bertz CT molecular complexity index is 495. The minimum Gasteiger partial charge on any atom is -0.495 e. The van der Waals surface area contributed by atoms with Gasteiger partial charge in [-0.25, -0.2) is 9.59 Å². The van der Waals surface area contributed by atoms with Crippen LogP contribution in [0.5, 0.6) is 5.75 Å². The standard InChI is InChI=1S/C12H15ClN2O5/c1-19-6-9(11(16)17)15-12(18)14-7-3-4-8(13)10(5-7)20-2/h3-5,9H,6H2,1-2H3,(H,16,17)(H2,14,15,18). The molecule has 1 unspecified atom stereocenters. The number of ether oxygens (including phenoxy) is 2. The van der Waals surface area contributed by atoms with Gasteiger partial charge in [0.25, 0.3) is 0 Å². The summed E-state index contributed by atoms with van der Waals surface area (Å²) in [5.74, 6) is -0.785. The van der Waals surface area contributed by atoms with Crippen molar-refractivity contribution in [2.75, 3.05) is 26.1 Å². The summed E-state index contributed by atoms with van der Waals surface area (Å²) in [6.45, 7) is -0.132. The highest BCUT2D eigenvalue weighted by Crippen LogP contribution is 2.27. The SMILES string of the molecule is COCC(NC(=O)Nc1ccc(Cl)c(OC)c1)C(=O)O. The maximum Gasteiger partial charge on any atom is 0.328 e. The molecule has 7 nitrogen and oxygen atoms in total. The van der Waals surface area contributed by atoms with Crippen LogP contribution in [0.15, 0.2) is 18.2 Å². The molecule has 110 valence electrons. The molecule has 0 bridgehead atoms. The minimum absolute atomic E-state index is 0.132. The molecule has 0 saturated carbocycles. The zero-order valence-corrected chi connectivity index (χ0v) is 11.7. The third-order valence-corrected chi connectivity index (χ3v) is 2.66. The summed E-state index contributed by atoms with van der Waals surface area (Å²) < 4.78 is 9.72. The number of benzene rings is 1. The second-order valence-electron chi connectivity index (χ2n) is 3.79. The molecule has 0 aromatic heterocycles. The van der Waals surface area contributed by atoms with Gasteiger partial charge in [0.1, 0.15) is 5.75 Å². The van der Waals surface area contributed by atoms with Crippen LogP contribution >= 0.6 is 11.6 Å². The van der Waals surface area contributed by atoms with Gasteiger partial charge in [0.15, 0.2) is 6.04 Å². The molecule has 1 aromatic carbocycles. The van der Waals surface area contributed by atoms with Crippen LogP contribution in [-0.2, 0) is 9.53 Å². The van der Waals surface area contributed by atoms with Crippen LogP contribution in [0, 0.1) is 0 Å². The van der Waals surface area contributed by atoms with Crippen LogP contribution in [-0.4, -0.2) is 44.0 Å². The summed E-state index contributed by atoms with van der Waals surface area (Å²) in [5, 5.41) is 14.0. The second kappa shape index (κ2) is 7.56. The number of hydrogen-bond donors (Lipinski definition) is 3. The van der Waals surface area contributed by atoms with Crippen molar-refractivity contribution < 1.29 is 24.2 Å². The maximum atomic E-state index is 11.7. The predicted molar refractivity (Wildman–Crippen MR) is 73.5 cm³/mol. The average Bonchev–Trinajstić information content (AvgIpc) is 2.40. The van der Waals surface area contributed by atoms with Crippen LogP contribution in [0.25, 0.3) is 0 Å². The summed E-state index contributed by atoms with van der Waals surface area (Å²) in [5.41, 5.74) is 0.422. The summed E-state index contributed by atoms with van der Waals surface area (Å²) in [7, 11) is 2.80. The fourth-order valence-corrected chi connectivity index (χ4v) is 1.60. The van der Waals surface area contributed by atoms with Crippen molar-refractivity contribution in [1.29, 1.82) is 0 Å². The second-order valence-corrected chi connectivity index (χ2v) is 4.20. The Balaban J connectivity index is 2.68. The highest BCUT2D eigenvalue weighted by molar-refractivity contribution is 6.32. The normalized spacial score (nSPS) is 11.6. The number of urea groups is 1. The lowest BCUT2D eigenvalue weighted by Gasteiger charge is -2.14. The monoisotopic (exact) mass is 302 g/mol. The molecule has 0 radical (unpaired) electrons. The van der Waals surface area contributed by atoms with E-state index in [4.69, 9.17) is 26.2 Å². The zero-order valence-electron chi connectivity index (χ0n) is 11.0. The zero-order chi connectivity index (χ0) is 15.1. The van der Waals surface area contributed by atoms with E-state index in [1.54, 1.807) is 12.1 Å². The van der Waals surface area contributed by atoms with Gasteiger partial charge in [-0.05, 0) is 12.1 Å². The van der Waals surface area contributed by atoms with Crippen molar-refractivity contribution in [3.63, 3.8) is 0 Å². The van der Waals surface area contributed by atoms with Gasteiger partial charge in [-0.2, -0.15) is 0 Å². The first-order valence-corrected chi connectivity index (χ1v) is 5.98. The van der Waals surface area contributed by atoms with Crippen molar-refractivity contribution in [2.24, 2.45) is 0 Å².